The molecule has 0 aliphatic carbocycles. The number of anilines is 2. The number of fused-ring (bicyclic) bond motifs is 2. The number of aryl methyl sites for hydroxylation is 1. The fraction of sp³-hybridized carbons (Fsp3) is 0.200. The van der Waals surface area contributed by atoms with E-state index in [0.29, 0.717) is 26.9 Å². The van der Waals surface area contributed by atoms with Gasteiger partial charge in [-0.1, -0.05) is 53.4 Å². The summed E-state index contributed by atoms with van der Waals surface area (Å²) in [4.78, 5) is 55.4. The summed E-state index contributed by atoms with van der Waals surface area (Å²) in [7, 11) is 1.52. The third-order valence-electron chi connectivity index (χ3n) is 7.21. The van der Waals surface area contributed by atoms with Crippen LogP contribution in [0.2, 0.25) is 0 Å². The second-order valence-electron chi connectivity index (χ2n) is 9.81. The predicted octanol–water partition coefficient (Wildman–Crippen LogP) is 4.80. The number of halogens is 1. The lowest BCUT2D eigenvalue weighted by molar-refractivity contribution is -0.122. The molecule has 2 aliphatic heterocycles. The molecular formula is C30H24FN3O5S2. The van der Waals surface area contributed by atoms with Crippen LogP contribution in [0.25, 0.3) is 0 Å². The Morgan fingerprint density at radius 1 is 1.00 bits per heavy atom. The molecule has 2 unspecified atom stereocenters. The Bertz CT molecular complexity index is 1750. The van der Waals surface area contributed by atoms with Gasteiger partial charge in [0.1, 0.15) is 23.4 Å². The fourth-order valence-corrected chi connectivity index (χ4v) is 8.19. The normalized spacial score (nSPS) is 19.6. The first kappa shape index (κ1) is 27.0. The highest BCUT2D eigenvalue weighted by molar-refractivity contribution is 8.00. The molecule has 3 aromatic carbocycles. The molecular weight excluding hydrogens is 565 g/mol. The number of carbonyl (C=O) groups is 3. The van der Waals surface area contributed by atoms with E-state index in [9.17, 15) is 23.6 Å². The number of methoxy groups -OCH3 is 1. The van der Waals surface area contributed by atoms with Gasteiger partial charge in [0.2, 0.25) is 17.7 Å². The van der Waals surface area contributed by atoms with Crippen LogP contribution in [0.5, 0.6) is 5.75 Å². The molecule has 1 aromatic heterocycles. The Morgan fingerprint density at radius 2 is 1.76 bits per heavy atom. The number of nitrogens with one attached hydrogen (secondary N) is 1. The number of carbonyl (C=O) groups excluding carboxylic acids is 3. The van der Waals surface area contributed by atoms with E-state index in [-0.39, 0.29) is 17.1 Å². The zero-order valence-corrected chi connectivity index (χ0v) is 23.6. The second kappa shape index (κ2) is 10.6. The molecule has 0 spiro atoms. The maximum Gasteiger partial charge on any atom is 0.308 e. The van der Waals surface area contributed by atoms with Gasteiger partial charge in [-0.25, -0.2) is 9.29 Å². The van der Waals surface area contributed by atoms with Crippen LogP contribution >= 0.6 is 23.1 Å². The van der Waals surface area contributed by atoms with Gasteiger partial charge in [-0.3, -0.25) is 23.7 Å². The van der Waals surface area contributed by atoms with Gasteiger partial charge in [-0.05, 0) is 55.0 Å². The summed E-state index contributed by atoms with van der Waals surface area (Å²) in [5, 5.41) is 2.43. The molecule has 4 aromatic rings. The Kier molecular flexibility index (Phi) is 7.00. The second-order valence-corrected chi connectivity index (χ2v) is 11.9. The minimum Gasteiger partial charge on any atom is -0.496 e. The van der Waals surface area contributed by atoms with E-state index in [1.807, 2.05) is 37.3 Å². The summed E-state index contributed by atoms with van der Waals surface area (Å²) in [5.41, 5.74) is 2.52. The van der Waals surface area contributed by atoms with Crippen molar-refractivity contribution in [3.8, 4) is 5.75 Å². The number of para-hydroxylation sites is 1. The van der Waals surface area contributed by atoms with Crippen LogP contribution in [0.15, 0.2) is 82.6 Å². The largest absolute Gasteiger partial charge is 0.496 e. The fourth-order valence-electron chi connectivity index (χ4n) is 5.43. The van der Waals surface area contributed by atoms with Crippen LogP contribution in [0.4, 0.5) is 15.8 Å². The highest BCUT2D eigenvalue weighted by Gasteiger charge is 2.57. The van der Waals surface area contributed by atoms with Crippen molar-refractivity contribution in [2.75, 3.05) is 17.3 Å². The molecule has 41 heavy (non-hydrogen) atoms. The molecule has 0 radical (unpaired) electrons. The number of benzene rings is 3. The molecule has 0 saturated carbocycles. The van der Waals surface area contributed by atoms with E-state index in [1.54, 1.807) is 18.2 Å². The van der Waals surface area contributed by atoms with Gasteiger partial charge in [-0.15, -0.1) is 0 Å². The van der Waals surface area contributed by atoms with E-state index >= 15 is 0 Å². The summed E-state index contributed by atoms with van der Waals surface area (Å²) in [5.74, 6) is -2.78. The third-order valence-corrected chi connectivity index (χ3v) is 9.82. The number of hydrogen-bond acceptors (Lipinski definition) is 7. The molecule has 1 saturated heterocycles. The lowest BCUT2D eigenvalue weighted by Gasteiger charge is -2.31. The molecule has 0 bridgehead atoms. The third kappa shape index (κ3) is 4.74. The van der Waals surface area contributed by atoms with E-state index < -0.39 is 40.6 Å². The highest BCUT2D eigenvalue weighted by Crippen LogP contribution is 2.55. The standard InChI is InChI=1S/C30H24FN3O5S2/c1-16-6-5-7-18(14-16)32-22(35)15-33-29-26(41-30(33)38)23(20-8-3-4-9-21(20)39-2)24-25(40-29)28(37)34(27(24)36)19-12-10-17(31)11-13-19/h3-14,23-25H,15H2,1-2H3,(H,32,35)/t23-,24?,25?/m1/s1. The maximum absolute atomic E-state index is 13.9. The first-order valence-corrected chi connectivity index (χ1v) is 14.5. The van der Waals surface area contributed by atoms with Crippen molar-refractivity contribution in [1.29, 1.82) is 0 Å². The molecule has 11 heteroatoms. The van der Waals surface area contributed by atoms with Crippen LogP contribution in [0.1, 0.15) is 21.9 Å². The van der Waals surface area contributed by atoms with E-state index in [0.717, 1.165) is 33.6 Å². The van der Waals surface area contributed by atoms with E-state index in [4.69, 9.17) is 4.74 Å². The van der Waals surface area contributed by atoms with Crippen molar-refractivity contribution in [3.63, 3.8) is 0 Å². The van der Waals surface area contributed by atoms with Crippen molar-refractivity contribution in [2.45, 2.75) is 29.7 Å². The topological polar surface area (TPSA) is 97.7 Å². The average molecular weight is 590 g/mol. The number of nitrogens with zero attached hydrogens (tertiary/aromatic N) is 2. The van der Waals surface area contributed by atoms with Crippen LogP contribution in [-0.4, -0.2) is 34.6 Å². The molecule has 3 heterocycles. The minimum atomic E-state index is -0.866. The average Bonchev–Trinajstić information content (AvgIpc) is 3.39. The predicted molar refractivity (Wildman–Crippen MR) is 155 cm³/mol. The van der Waals surface area contributed by atoms with Gasteiger partial charge in [0.25, 0.3) is 0 Å². The molecule has 6 rings (SSSR count). The number of rotatable bonds is 6. The van der Waals surface area contributed by atoms with Gasteiger partial charge in [0.05, 0.1) is 23.7 Å². The summed E-state index contributed by atoms with van der Waals surface area (Å²) >= 11 is 2.08. The van der Waals surface area contributed by atoms with Gasteiger partial charge < -0.3 is 10.1 Å². The molecule has 2 aliphatic rings. The number of imide groups is 1. The first-order chi connectivity index (χ1) is 19.8. The lowest BCUT2D eigenvalue weighted by atomic mass is 9.82. The number of amides is 3. The van der Waals surface area contributed by atoms with Crippen LogP contribution < -0.4 is 19.8 Å². The van der Waals surface area contributed by atoms with Crippen molar-refractivity contribution >= 4 is 52.2 Å². The zero-order chi connectivity index (χ0) is 28.8. The minimum absolute atomic E-state index is 0.258. The van der Waals surface area contributed by atoms with Crippen LogP contribution in [0.3, 0.4) is 0 Å². The number of aromatic nitrogens is 1. The SMILES string of the molecule is COc1ccccc1[C@H]1c2sc(=O)n(CC(=O)Nc3cccc(C)c3)c2SC2C(=O)N(c3ccc(F)cc3)C(=O)C21. The number of hydrogen-bond donors (Lipinski definition) is 1. The van der Waals surface area contributed by atoms with Crippen molar-refractivity contribution in [3.05, 3.63) is 104 Å². The highest BCUT2D eigenvalue weighted by atomic mass is 32.2. The van der Waals surface area contributed by atoms with Crippen LogP contribution in [0, 0.1) is 18.7 Å². The van der Waals surface area contributed by atoms with E-state index in [2.05, 4.69) is 5.32 Å². The van der Waals surface area contributed by atoms with Crippen molar-refractivity contribution < 1.29 is 23.5 Å². The van der Waals surface area contributed by atoms with Gasteiger partial charge in [0, 0.05) is 22.0 Å². The Labute approximate surface area is 242 Å². The molecule has 3 amide bonds. The van der Waals surface area contributed by atoms with E-state index in [1.165, 1.54) is 35.9 Å². The molecule has 1 fully saturated rings. The summed E-state index contributed by atoms with van der Waals surface area (Å²) in [6, 6.07) is 19.7. The van der Waals surface area contributed by atoms with Gasteiger partial charge >= 0.3 is 4.87 Å². The molecule has 1 N–H and O–H groups in total. The molecule has 3 atom stereocenters. The molecule has 8 nitrogen and oxygen atoms in total. The van der Waals surface area contributed by atoms with Gasteiger partial charge in [-0.2, -0.15) is 0 Å². The summed E-state index contributed by atoms with van der Waals surface area (Å²) in [6.07, 6.45) is 0. The quantitative estimate of drug-likeness (QED) is 0.325. The van der Waals surface area contributed by atoms with Crippen molar-refractivity contribution in [2.24, 2.45) is 5.92 Å². The number of ether oxygens (including phenoxy) is 1. The smallest absolute Gasteiger partial charge is 0.308 e. The van der Waals surface area contributed by atoms with Gasteiger partial charge in [0.15, 0.2) is 0 Å². The Balaban J connectivity index is 1.43. The Hall–Kier alpha value is -4.22. The van der Waals surface area contributed by atoms with Crippen molar-refractivity contribution in [1.82, 2.24) is 4.57 Å². The molecule has 208 valence electrons. The first-order valence-electron chi connectivity index (χ1n) is 12.8. The monoisotopic (exact) mass is 589 g/mol. The van der Waals surface area contributed by atoms with Crippen LogP contribution in [-0.2, 0) is 20.9 Å². The maximum atomic E-state index is 13.9. The summed E-state index contributed by atoms with van der Waals surface area (Å²) < 4.78 is 20.6. The summed E-state index contributed by atoms with van der Waals surface area (Å²) in [6.45, 7) is 1.65. The number of thioether (sulfide) groups is 1. The Morgan fingerprint density at radius 3 is 2.49 bits per heavy atom. The number of thiazole rings is 1. The lowest BCUT2D eigenvalue weighted by Crippen LogP contribution is -2.33. The zero-order valence-electron chi connectivity index (χ0n) is 22.0.